The van der Waals surface area contributed by atoms with E-state index in [1.807, 2.05) is 30.3 Å². The van der Waals surface area contributed by atoms with Crippen LogP contribution in [0, 0.1) is 0 Å². The maximum absolute atomic E-state index is 13.2. The number of rotatable bonds is 6. The first-order chi connectivity index (χ1) is 16.2. The van der Waals surface area contributed by atoms with Crippen molar-refractivity contribution in [1.82, 2.24) is 5.32 Å². The van der Waals surface area contributed by atoms with Crippen molar-refractivity contribution >= 4 is 34.7 Å². The van der Waals surface area contributed by atoms with Crippen LogP contribution in [0.5, 0.6) is 5.75 Å². The number of anilines is 1. The monoisotopic (exact) mass is 474 g/mol. The largest absolute Gasteiger partial charge is 0.497 e. The lowest BCUT2D eigenvalue weighted by atomic mass is 9.85. The molecule has 0 radical (unpaired) electrons. The van der Waals surface area contributed by atoms with Crippen molar-refractivity contribution < 1.29 is 14.3 Å². The molecule has 3 aromatic rings. The van der Waals surface area contributed by atoms with Gasteiger partial charge in [-0.25, -0.2) is 0 Å². The first-order valence-corrected chi connectivity index (χ1v) is 11.5. The molecule has 5 nitrogen and oxygen atoms in total. The Morgan fingerprint density at radius 1 is 1.09 bits per heavy atom. The number of fused-ring (bicyclic) bond motifs is 1. The maximum Gasteiger partial charge on any atom is 0.228 e. The van der Waals surface area contributed by atoms with Gasteiger partial charge in [0.15, 0.2) is 5.78 Å². The molecule has 0 saturated carbocycles. The average Bonchev–Trinajstić information content (AvgIpc) is 2.80. The lowest BCUT2D eigenvalue weighted by Gasteiger charge is -2.35. The topological polar surface area (TPSA) is 67.4 Å². The minimum absolute atomic E-state index is 0.150. The average molecular weight is 475 g/mol. The Morgan fingerprint density at radius 2 is 1.85 bits per heavy atom. The van der Waals surface area contributed by atoms with Crippen molar-refractivity contribution in [3.63, 3.8) is 0 Å². The van der Waals surface area contributed by atoms with Gasteiger partial charge < -0.3 is 15.4 Å². The summed E-state index contributed by atoms with van der Waals surface area (Å²) >= 11 is 5.91. The highest BCUT2D eigenvalue weighted by Gasteiger charge is 2.28. The van der Waals surface area contributed by atoms with Gasteiger partial charge in [0.05, 0.1) is 13.5 Å². The molecule has 0 atom stereocenters. The standard InChI is InChI=1S/C28H27ClN2O3/c1-28(2)17-20-9-12-23(34-3)15-24(20)25(31-28)16-26(32)19-5-4-6-22(14-19)30-27(33)13-18-7-10-21(29)11-8-18/h4-12,14-16,31H,13,17H2,1-3H3,(H,30,33)/b25-16-. The van der Waals surface area contributed by atoms with Crippen LogP contribution in [0.1, 0.15) is 40.9 Å². The summed E-state index contributed by atoms with van der Waals surface area (Å²) in [5, 5.41) is 6.98. The molecule has 1 aliphatic heterocycles. The number of carbonyl (C=O) groups excluding carboxylic acids is 2. The molecule has 0 saturated heterocycles. The van der Waals surface area contributed by atoms with Gasteiger partial charge in [-0.15, -0.1) is 0 Å². The van der Waals surface area contributed by atoms with E-state index in [1.165, 1.54) is 0 Å². The van der Waals surface area contributed by atoms with Crippen molar-refractivity contribution in [3.05, 3.63) is 100 Å². The third kappa shape index (κ3) is 5.67. The SMILES string of the molecule is COc1ccc2c(c1)/C(=C/C(=O)c1cccc(NC(=O)Cc3ccc(Cl)cc3)c1)NC(C)(C)C2. The molecule has 1 amide bonds. The van der Waals surface area contributed by atoms with Crippen LogP contribution >= 0.6 is 11.6 Å². The summed E-state index contributed by atoms with van der Waals surface area (Å²) in [6.07, 6.45) is 2.68. The highest BCUT2D eigenvalue weighted by Crippen LogP contribution is 2.32. The Labute approximate surface area is 204 Å². The Kier molecular flexibility index (Phi) is 6.75. The van der Waals surface area contributed by atoms with Crippen LogP contribution in [0.3, 0.4) is 0 Å². The first-order valence-electron chi connectivity index (χ1n) is 11.1. The van der Waals surface area contributed by atoms with E-state index >= 15 is 0 Å². The summed E-state index contributed by atoms with van der Waals surface area (Å²) in [4.78, 5) is 25.6. The third-order valence-corrected chi connectivity index (χ3v) is 5.95. The third-order valence-electron chi connectivity index (χ3n) is 5.70. The molecule has 3 aromatic carbocycles. The number of ether oxygens (including phenoxy) is 1. The van der Waals surface area contributed by atoms with Crippen LogP contribution < -0.4 is 15.4 Å². The normalized spacial score (nSPS) is 15.2. The van der Waals surface area contributed by atoms with Gasteiger partial charge in [-0.2, -0.15) is 0 Å². The number of hydrogen-bond acceptors (Lipinski definition) is 4. The molecule has 0 spiro atoms. The van der Waals surface area contributed by atoms with Crippen LogP contribution in [0.4, 0.5) is 5.69 Å². The number of amides is 1. The quantitative estimate of drug-likeness (QED) is 0.356. The number of halogens is 1. The Hall–Kier alpha value is -3.57. The zero-order chi connectivity index (χ0) is 24.3. The molecule has 174 valence electrons. The second-order valence-corrected chi connectivity index (χ2v) is 9.50. The van der Waals surface area contributed by atoms with Gasteiger partial charge in [0.2, 0.25) is 5.91 Å². The molecule has 1 aliphatic rings. The zero-order valence-electron chi connectivity index (χ0n) is 19.4. The van der Waals surface area contributed by atoms with E-state index in [-0.39, 0.29) is 23.7 Å². The summed E-state index contributed by atoms with van der Waals surface area (Å²) in [7, 11) is 1.63. The Morgan fingerprint density at radius 3 is 2.59 bits per heavy atom. The van der Waals surface area contributed by atoms with E-state index < -0.39 is 0 Å². The zero-order valence-corrected chi connectivity index (χ0v) is 20.2. The van der Waals surface area contributed by atoms with Crippen LogP contribution in [-0.4, -0.2) is 24.3 Å². The molecule has 1 heterocycles. The van der Waals surface area contributed by atoms with Crippen molar-refractivity contribution in [2.24, 2.45) is 0 Å². The van der Waals surface area contributed by atoms with Gasteiger partial charge >= 0.3 is 0 Å². The minimum Gasteiger partial charge on any atom is -0.497 e. The van der Waals surface area contributed by atoms with Crippen LogP contribution in [0.15, 0.2) is 72.8 Å². The molecule has 2 N–H and O–H groups in total. The molecule has 34 heavy (non-hydrogen) atoms. The van der Waals surface area contributed by atoms with E-state index in [2.05, 4.69) is 24.5 Å². The van der Waals surface area contributed by atoms with Crippen molar-refractivity contribution in [3.8, 4) is 5.75 Å². The smallest absolute Gasteiger partial charge is 0.228 e. The maximum atomic E-state index is 13.2. The lowest BCUT2D eigenvalue weighted by molar-refractivity contribution is -0.115. The fraction of sp³-hybridized carbons (Fsp3) is 0.214. The number of carbonyl (C=O) groups is 2. The fourth-order valence-corrected chi connectivity index (χ4v) is 4.24. The lowest BCUT2D eigenvalue weighted by Crippen LogP contribution is -2.43. The van der Waals surface area contributed by atoms with Gasteiger partial charge in [-0.1, -0.05) is 41.9 Å². The van der Waals surface area contributed by atoms with E-state index in [0.29, 0.717) is 16.3 Å². The number of methoxy groups -OCH3 is 1. The predicted molar refractivity (Wildman–Crippen MR) is 136 cm³/mol. The molecule has 6 heteroatoms. The molecule has 4 rings (SSSR count). The van der Waals surface area contributed by atoms with Crippen LogP contribution in [-0.2, 0) is 17.6 Å². The molecule has 0 fully saturated rings. The van der Waals surface area contributed by atoms with E-state index in [0.717, 1.165) is 34.6 Å². The first kappa shape index (κ1) is 23.6. The highest BCUT2D eigenvalue weighted by molar-refractivity contribution is 6.30. The van der Waals surface area contributed by atoms with E-state index in [9.17, 15) is 9.59 Å². The molecule has 0 bridgehead atoms. The number of nitrogens with one attached hydrogen (secondary N) is 2. The van der Waals surface area contributed by atoms with Crippen molar-refractivity contribution in [1.29, 1.82) is 0 Å². The predicted octanol–water partition coefficient (Wildman–Crippen LogP) is 5.68. The minimum atomic E-state index is -0.189. The highest BCUT2D eigenvalue weighted by atomic mass is 35.5. The van der Waals surface area contributed by atoms with Gasteiger partial charge in [0.25, 0.3) is 0 Å². The Bertz CT molecular complexity index is 1260. The number of hydrogen-bond donors (Lipinski definition) is 2. The van der Waals surface area contributed by atoms with E-state index in [1.54, 1.807) is 49.6 Å². The second-order valence-electron chi connectivity index (χ2n) is 9.06. The Balaban J connectivity index is 1.54. The molecular weight excluding hydrogens is 448 g/mol. The number of allylic oxidation sites excluding steroid dienone is 1. The van der Waals surface area contributed by atoms with E-state index in [4.69, 9.17) is 16.3 Å². The van der Waals surface area contributed by atoms with Gasteiger partial charge in [-0.05, 0) is 67.8 Å². The molecular formula is C28H27ClN2O3. The van der Waals surface area contributed by atoms with Gasteiger partial charge in [0, 0.05) is 39.1 Å². The summed E-state index contributed by atoms with van der Waals surface area (Å²) in [6.45, 7) is 4.21. The second kappa shape index (κ2) is 9.74. The molecule has 0 aliphatic carbocycles. The van der Waals surface area contributed by atoms with Crippen LogP contribution in [0.2, 0.25) is 5.02 Å². The van der Waals surface area contributed by atoms with Crippen molar-refractivity contribution in [2.45, 2.75) is 32.2 Å². The van der Waals surface area contributed by atoms with Crippen LogP contribution in [0.25, 0.3) is 5.70 Å². The summed E-state index contributed by atoms with van der Waals surface area (Å²) < 4.78 is 5.38. The number of benzene rings is 3. The number of ketones is 1. The van der Waals surface area contributed by atoms with Gasteiger partial charge in [0.1, 0.15) is 5.75 Å². The van der Waals surface area contributed by atoms with Gasteiger partial charge in [-0.3, -0.25) is 9.59 Å². The fourth-order valence-electron chi connectivity index (χ4n) is 4.11. The molecule has 0 aromatic heterocycles. The van der Waals surface area contributed by atoms with Crippen molar-refractivity contribution in [2.75, 3.05) is 12.4 Å². The molecule has 0 unspecified atom stereocenters. The summed E-state index contributed by atoms with van der Waals surface area (Å²) in [5.41, 5.74) is 4.61. The summed E-state index contributed by atoms with van der Waals surface area (Å²) in [5.74, 6) is 0.425. The summed E-state index contributed by atoms with van der Waals surface area (Å²) in [6, 6.07) is 20.1.